The molecule has 5 heteroatoms. The number of benzene rings is 1. The fraction of sp³-hybridized carbons (Fsp3) is 0.500. The van der Waals surface area contributed by atoms with Crippen LogP contribution in [0.5, 0.6) is 5.75 Å². The quantitative estimate of drug-likeness (QED) is 0.751. The highest BCUT2D eigenvalue weighted by molar-refractivity contribution is 9.11. The summed E-state index contributed by atoms with van der Waals surface area (Å²) in [6, 6.07) is 5.88. The molecular weight excluding hydrogens is 350 g/mol. The highest BCUT2D eigenvalue weighted by Crippen LogP contribution is 2.28. The normalized spacial score (nSPS) is 12.5. The van der Waals surface area contributed by atoms with Crippen LogP contribution in [0.4, 0.5) is 0 Å². The summed E-state index contributed by atoms with van der Waals surface area (Å²) in [5.74, 6) is 0.856. The summed E-state index contributed by atoms with van der Waals surface area (Å²) in [7, 11) is 1.69. The maximum absolute atomic E-state index is 5.81. The van der Waals surface area contributed by atoms with Crippen LogP contribution in [0.25, 0.3) is 0 Å². The summed E-state index contributed by atoms with van der Waals surface area (Å²) in [6.45, 7) is 4.39. The molecule has 1 atom stereocenters. The molecule has 0 spiro atoms. The van der Waals surface area contributed by atoms with Crippen molar-refractivity contribution in [2.45, 2.75) is 13.0 Å². The third kappa shape index (κ3) is 5.86. The summed E-state index contributed by atoms with van der Waals surface area (Å²) in [4.78, 5) is 0. The lowest BCUT2D eigenvalue weighted by Gasteiger charge is -2.16. The van der Waals surface area contributed by atoms with E-state index in [9.17, 15) is 0 Å². The molecule has 0 aliphatic carbocycles. The van der Waals surface area contributed by atoms with Gasteiger partial charge in [0.15, 0.2) is 0 Å². The Morgan fingerprint density at radius 1 is 1.35 bits per heavy atom. The van der Waals surface area contributed by atoms with Crippen LogP contribution < -0.4 is 10.1 Å². The van der Waals surface area contributed by atoms with E-state index in [1.165, 1.54) is 0 Å². The van der Waals surface area contributed by atoms with Crippen LogP contribution in [0.2, 0.25) is 0 Å². The number of hydrogen-bond acceptors (Lipinski definition) is 3. The molecule has 1 aromatic rings. The molecular formula is C12H17Br2NO2. The Kier molecular flexibility index (Phi) is 7.11. The van der Waals surface area contributed by atoms with E-state index >= 15 is 0 Å². The van der Waals surface area contributed by atoms with Gasteiger partial charge in [0, 0.05) is 24.7 Å². The maximum atomic E-state index is 5.81. The number of ether oxygens (including phenoxy) is 2. The number of rotatable bonds is 7. The molecule has 0 aromatic heterocycles. The van der Waals surface area contributed by atoms with Crippen LogP contribution >= 0.6 is 31.9 Å². The van der Waals surface area contributed by atoms with E-state index < -0.39 is 0 Å². The minimum absolute atomic E-state index is 0.115. The molecule has 0 saturated heterocycles. The van der Waals surface area contributed by atoms with Crippen LogP contribution in [0.3, 0.4) is 0 Å². The minimum atomic E-state index is 0.115. The average Bonchev–Trinajstić information content (AvgIpc) is 2.28. The Bertz CT molecular complexity index is 347. The third-order valence-corrected chi connectivity index (χ3v) is 3.25. The topological polar surface area (TPSA) is 30.5 Å². The summed E-state index contributed by atoms with van der Waals surface area (Å²) < 4.78 is 12.8. The van der Waals surface area contributed by atoms with Gasteiger partial charge in [-0.3, -0.25) is 0 Å². The van der Waals surface area contributed by atoms with Crippen LogP contribution in [0, 0.1) is 0 Å². The predicted molar refractivity (Wildman–Crippen MR) is 76.7 cm³/mol. The van der Waals surface area contributed by atoms with Crippen LogP contribution in [0.1, 0.15) is 6.92 Å². The van der Waals surface area contributed by atoms with Gasteiger partial charge in [-0.2, -0.15) is 0 Å². The van der Waals surface area contributed by atoms with Crippen molar-refractivity contribution in [3.05, 3.63) is 27.1 Å². The summed E-state index contributed by atoms with van der Waals surface area (Å²) >= 11 is 6.88. The zero-order chi connectivity index (χ0) is 12.7. The van der Waals surface area contributed by atoms with Gasteiger partial charge in [0.05, 0.1) is 11.1 Å². The maximum Gasteiger partial charge on any atom is 0.134 e. The van der Waals surface area contributed by atoms with Gasteiger partial charge in [-0.15, -0.1) is 0 Å². The van der Waals surface area contributed by atoms with E-state index in [0.717, 1.165) is 27.8 Å². The Labute approximate surface area is 119 Å². The molecule has 1 aromatic carbocycles. The number of nitrogens with one attached hydrogen (secondary N) is 1. The van der Waals surface area contributed by atoms with Crippen molar-refractivity contribution < 1.29 is 9.47 Å². The van der Waals surface area contributed by atoms with Crippen molar-refractivity contribution in [1.29, 1.82) is 0 Å². The Hall–Kier alpha value is -0.100. The third-order valence-electron chi connectivity index (χ3n) is 2.14. The first-order chi connectivity index (χ1) is 8.13. The molecule has 0 aliphatic rings. The first kappa shape index (κ1) is 15.0. The Morgan fingerprint density at radius 2 is 2.12 bits per heavy atom. The molecule has 17 heavy (non-hydrogen) atoms. The lowest BCUT2D eigenvalue weighted by Crippen LogP contribution is -2.31. The zero-order valence-corrected chi connectivity index (χ0v) is 13.2. The molecule has 0 aliphatic heterocycles. The summed E-state index contributed by atoms with van der Waals surface area (Å²) in [5.41, 5.74) is 0. The number of halogens is 2. The number of hydrogen-bond donors (Lipinski definition) is 1. The van der Waals surface area contributed by atoms with Crippen molar-refractivity contribution >= 4 is 31.9 Å². The molecule has 0 amide bonds. The lowest BCUT2D eigenvalue weighted by atomic mass is 10.3. The van der Waals surface area contributed by atoms with Gasteiger partial charge >= 0.3 is 0 Å². The Balaban J connectivity index is 2.37. The molecule has 96 valence electrons. The van der Waals surface area contributed by atoms with Crippen LogP contribution in [-0.4, -0.2) is 32.9 Å². The van der Waals surface area contributed by atoms with Crippen LogP contribution in [0.15, 0.2) is 27.1 Å². The van der Waals surface area contributed by atoms with Gasteiger partial charge in [-0.05, 0) is 41.1 Å². The van der Waals surface area contributed by atoms with Gasteiger partial charge < -0.3 is 14.8 Å². The smallest absolute Gasteiger partial charge is 0.134 e. The SMILES string of the molecule is COCCNCC(C)Oc1ccc(Br)cc1Br. The van der Waals surface area contributed by atoms with E-state index in [-0.39, 0.29) is 6.10 Å². The molecule has 0 fully saturated rings. The largest absolute Gasteiger partial charge is 0.488 e. The van der Waals surface area contributed by atoms with E-state index in [0.29, 0.717) is 6.61 Å². The molecule has 0 bridgehead atoms. The molecule has 1 N–H and O–H groups in total. The van der Waals surface area contributed by atoms with Gasteiger partial charge in [0.25, 0.3) is 0 Å². The van der Waals surface area contributed by atoms with Crippen molar-refractivity contribution in [3.8, 4) is 5.75 Å². The molecule has 1 unspecified atom stereocenters. The fourth-order valence-electron chi connectivity index (χ4n) is 1.31. The van der Waals surface area contributed by atoms with Crippen molar-refractivity contribution in [3.63, 3.8) is 0 Å². The van der Waals surface area contributed by atoms with E-state index in [4.69, 9.17) is 9.47 Å². The van der Waals surface area contributed by atoms with Crippen molar-refractivity contribution in [1.82, 2.24) is 5.32 Å². The zero-order valence-electron chi connectivity index (χ0n) is 10.0. The lowest BCUT2D eigenvalue weighted by molar-refractivity contribution is 0.184. The minimum Gasteiger partial charge on any atom is -0.488 e. The summed E-state index contributed by atoms with van der Waals surface area (Å²) in [6.07, 6.45) is 0.115. The summed E-state index contributed by atoms with van der Waals surface area (Å²) in [5, 5.41) is 3.26. The second-order valence-corrected chi connectivity index (χ2v) is 5.47. The average molecular weight is 367 g/mol. The second-order valence-electron chi connectivity index (χ2n) is 3.70. The van der Waals surface area contributed by atoms with Gasteiger partial charge in [-0.1, -0.05) is 15.9 Å². The van der Waals surface area contributed by atoms with E-state index in [1.54, 1.807) is 7.11 Å². The predicted octanol–water partition coefficient (Wildman–Crippen LogP) is 3.21. The highest BCUT2D eigenvalue weighted by atomic mass is 79.9. The molecule has 0 saturated carbocycles. The molecule has 1 rings (SSSR count). The molecule has 3 nitrogen and oxygen atoms in total. The number of methoxy groups -OCH3 is 1. The van der Waals surface area contributed by atoms with E-state index in [2.05, 4.69) is 37.2 Å². The molecule has 0 radical (unpaired) electrons. The van der Waals surface area contributed by atoms with Gasteiger partial charge in [-0.25, -0.2) is 0 Å². The van der Waals surface area contributed by atoms with E-state index in [1.807, 2.05) is 25.1 Å². The van der Waals surface area contributed by atoms with Gasteiger partial charge in [0.1, 0.15) is 11.9 Å². The fourth-order valence-corrected chi connectivity index (χ4v) is 2.45. The standard InChI is InChI=1S/C12H17Br2NO2/c1-9(8-15-5-6-16-2)17-12-4-3-10(13)7-11(12)14/h3-4,7,9,15H,5-6,8H2,1-2H3. The monoisotopic (exact) mass is 365 g/mol. The van der Waals surface area contributed by atoms with Gasteiger partial charge in [0.2, 0.25) is 0 Å². The Morgan fingerprint density at radius 3 is 2.76 bits per heavy atom. The van der Waals surface area contributed by atoms with Crippen LogP contribution in [-0.2, 0) is 4.74 Å². The van der Waals surface area contributed by atoms with Crippen molar-refractivity contribution in [2.24, 2.45) is 0 Å². The van der Waals surface area contributed by atoms with Crippen molar-refractivity contribution in [2.75, 3.05) is 26.8 Å². The highest BCUT2D eigenvalue weighted by Gasteiger charge is 2.07. The first-order valence-electron chi connectivity index (χ1n) is 5.45. The molecule has 0 heterocycles. The second kappa shape index (κ2) is 8.08. The first-order valence-corrected chi connectivity index (χ1v) is 7.03.